The van der Waals surface area contributed by atoms with Gasteiger partial charge in [-0.3, -0.25) is 0 Å². The topological polar surface area (TPSA) is 34.1 Å². The first-order valence-electron chi connectivity index (χ1n) is 4.31. The van der Waals surface area contributed by atoms with E-state index in [-0.39, 0.29) is 5.82 Å². The lowest BCUT2D eigenvalue weighted by atomic mass is 10.0. The molecule has 0 amide bonds. The van der Waals surface area contributed by atoms with Gasteiger partial charge in [-0.2, -0.15) is 0 Å². The van der Waals surface area contributed by atoms with E-state index in [1.165, 1.54) is 12.1 Å². The van der Waals surface area contributed by atoms with Crippen molar-refractivity contribution < 1.29 is 12.8 Å². The first-order chi connectivity index (χ1) is 6.42. The van der Waals surface area contributed by atoms with Gasteiger partial charge in [-0.05, 0) is 38.0 Å². The van der Waals surface area contributed by atoms with Crippen LogP contribution in [0.15, 0.2) is 24.3 Å². The summed E-state index contributed by atoms with van der Waals surface area (Å²) in [6, 6.07) is 5.89. The molecule has 2 nitrogen and oxygen atoms in total. The van der Waals surface area contributed by atoms with E-state index in [4.69, 9.17) is 0 Å². The highest BCUT2D eigenvalue weighted by Crippen LogP contribution is 2.16. The predicted molar refractivity (Wildman–Crippen MR) is 54.5 cm³/mol. The van der Waals surface area contributed by atoms with Crippen molar-refractivity contribution in [2.24, 2.45) is 0 Å². The molecule has 0 unspecified atom stereocenters. The maximum Gasteiger partial charge on any atom is 0.145 e. The van der Waals surface area contributed by atoms with E-state index in [0.29, 0.717) is 6.42 Å². The molecular weight excluding hydrogens is 203 g/mol. The van der Waals surface area contributed by atoms with Gasteiger partial charge in [0, 0.05) is 0 Å². The molecule has 0 aromatic heterocycles. The molecule has 0 radical (unpaired) electrons. The highest BCUT2D eigenvalue weighted by atomic mass is 32.2. The molecule has 0 aliphatic carbocycles. The fourth-order valence-electron chi connectivity index (χ4n) is 1.17. The maximum atomic E-state index is 12.6. The fourth-order valence-corrected chi connectivity index (χ4v) is 1.48. The Morgan fingerprint density at radius 1 is 1.21 bits per heavy atom. The fraction of sp³-hybridized carbons (Fsp3) is 0.400. The molecule has 1 aromatic rings. The van der Waals surface area contributed by atoms with Gasteiger partial charge in [0.1, 0.15) is 16.5 Å². The van der Waals surface area contributed by atoms with Crippen LogP contribution in [0.3, 0.4) is 0 Å². The van der Waals surface area contributed by atoms with E-state index in [1.54, 1.807) is 26.0 Å². The smallest absolute Gasteiger partial charge is 0.145 e. The molecule has 0 atom stereocenters. The van der Waals surface area contributed by atoms with Gasteiger partial charge in [-0.1, -0.05) is 12.1 Å². The maximum absolute atomic E-state index is 12.6. The predicted octanol–water partition coefficient (Wildman–Crippen LogP) is 1.76. The second-order valence-corrected chi connectivity index (χ2v) is 5.60. The van der Waals surface area contributed by atoms with Crippen LogP contribution < -0.4 is 0 Å². The van der Waals surface area contributed by atoms with Crippen LogP contribution >= 0.6 is 0 Å². The summed E-state index contributed by atoms with van der Waals surface area (Å²) >= 11 is 0. The Balaban J connectivity index is 2.84. The molecule has 0 heterocycles. The van der Waals surface area contributed by atoms with E-state index in [9.17, 15) is 12.8 Å². The summed E-state index contributed by atoms with van der Waals surface area (Å²) in [7, 11) is -2.47. The zero-order valence-electron chi connectivity index (χ0n) is 8.16. The summed E-state index contributed by atoms with van der Waals surface area (Å²) in [5.74, 6) is -0.307. The lowest BCUT2D eigenvalue weighted by Gasteiger charge is -2.16. The average molecular weight is 216 g/mol. The summed E-state index contributed by atoms with van der Waals surface area (Å²) in [6.45, 7) is 3.31. The van der Waals surface area contributed by atoms with Crippen LogP contribution in [0.2, 0.25) is 0 Å². The first kappa shape index (κ1) is 11.2. The zero-order chi connectivity index (χ0) is 10.8. The van der Waals surface area contributed by atoms with Gasteiger partial charge in [0.15, 0.2) is 0 Å². The van der Waals surface area contributed by atoms with Gasteiger partial charge >= 0.3 is 0 Å². The molecule has 78 valence electrons. The Morgan fingerprint density at radius 2 is 1.71 bits per heavy atom. The normalized spacial score (nSPS) is 12.0. The molecule has 1 aromatic carbocycles. The summed E-state index contributed by atoms with van der Waals surface area (Å²) in [4.78, 5) is 0. The van der Waals surface area contributed by atoms with Crippen LogP contribution in [0.25, 0.3) is 0 Å². The zero-order valence-corrected chi connectivity index (χ0v) is 9.05. The van der Waals surface area contributed by atoms with Crippen molar-refractivity contribution in [2.75, 3.05) is 0 Å². The van der Waals surface area contributed by atoms with Crippen molar-refractivity contribution in [3.63, 3.8) is 0 Å². The first-order valence-corrected chi connectivity index (χ1v) is 5.48. The van der Waals surface area contributed by atoms with Crippen LogP contribution in [-0.2, 0) is 17.1 Å². The minimum Gasteiger partial charge on any atom is -0.231 e. The number of rotatable bonds is 3. The average Bonchev–Trinajstić information content (AvgIpc) is 2.08. The quantitative estimate of drug-likeness (QED) is 0.781. The van der Waals surface area contributed by atoms with Crippen molar-refractivity contribution in [3.8, 4) is 0 Å². The molecule has 0 N–H and O–H groups in total. The van der Waals surface area contributed by atoms with E-state index in [2.05, 4.69) is 0 Å². The Bertz CT molecular complexity index is 372. The molecule has 0 aliphatic rings. The van der Waals surface area contributed by atoms with Crippen LogP contribution in [-0.4, -0.2) is 13.2 Å². The van der Waals surface area contributed by atoms with Crippen LogP contribution in [0.1, 0.15) is 19.4 Å². The molecule has 0 bridgehead atoms. The molecule has 0 saturated heterocycles. The summed E-state index contributed by atoms with van der Waals surface area (Å²) < 4.78 is 33.5. The number of hydrogen-bond donors (Lipinski definition) is 1. The second-order valence-electron chi connectivity index (χ2n) is 3.87. The Labute approximate surface area is 84.7 Å². The molecule has 0 aliphatic heterocycles. The molecular formula is C10H13FO2S. The van der Waals surface area contributed by atoms with Gasteiger partial charge in [-0.25, -0.2) is 12.8 Å². The van der Waals surface area contributed by atoms with E-state index < -0.39 is 15.5 Å². The highest BCUT2D eigenvalue weighted by Gasteiger charge is 2.21. The molecule has 0 saturated carbocycles. The monoisotopic (exact) mass is 216 g/mol. The summed E-state index contributed by atoms with van der Waals surface area (Å²) in [5, 5.41) is 0. The van der Waals surface area contributed by atoms with Gasteiger partial charge in [0.05, 0.1) is 4.75 Å². The lowest BCUT2D eigenvalue weighted by Crippen LogP contribution is -2.24. The third kappa shape index (κ3) is 2.80. The van der Waals surface area contributed by atoms with Crippen molar-refractivity contribution in [3.05, 3.63) is 35.6 Å². The highest BCUT2D eigenvalue weighted by molar-refractivity contribution is 7.74. The van der Waals surface area contributed by atoms with Crippen LogP contribution in [0.5, 0.6) is 0 Å². The number of benzene rings is 1. The van der Waals surface area contributed by atoms with E-state index in [0.717, 1.165) is 5.56 Å². The molecule has 0 spiro atoms. The minimum atomic E-state index is -2.47. The summed E-state index contributed by atoms with van der Waals surface area (Å²) in [6.07, 6.45) is 0.409. The van der Waals surface area contributed by atoms with Crippen molar-refractivity contribution in [1.29, 1.82) is 0 Å². The third-order valence-corrected chi connectivity index (χ3v) is 3.19. The van der Waals surface area contributed by atoms with Gasteiger partial charge in [0.2, 0.25) is 0 Å². The van der Waals surface area contributed by atoms with Crippen molar-refractivity contribution >= 4 is 10.7 Å². The Hall–Kier alpha value is -0.900. The Morgan fingerprint density at radius 3 is 2.14 bits per heavy atom. The van der Waals surface area contributed by atoms with Crippen molar-refractivity contribution in [1.82, 2.24) is 0 Å². The number of halogens is 1. The lowest BCUT2D eigenvalue weighted by molar-refractivity contribution is 0.564. The molecule has 14 heavy (non-hydrogen) atoms. The number of hydrogen-bond acceptors (Lipinski definition) is 2. The van der Waals surface area contributed by atoms with Crippen molar-refractivity contribution in [2.45, 2.75) is 25.0 Å². The molecule has 1 rings (SSSR count). The molecule has 0 fully saturated rings. The summed E-state index contributed by atoms with van der Waals surface area (Å²) in [5.41, 5.74) is 0.829. The molecule has 4 heteroatoms. The van der Waals surface area contributed by atoms with Gasteiger partial charge in [-0.15, -0.1) is 0 Å². The van der Waals surface area contributed by atoms with Gasteiger partial charge in [0.25, 0.3) is 0 Å². The Kier molecular flexibility index (Phi) is 3.26. The standard InChI is InChI=1S/C10H13FO2S/c1-10(2,14(12)13)7-8-3-5-9(11)6-4-8/h3-6,14H,7H2,1-2H3. The largest absolute Gasteiger partial charge is 0.231 e. The SMILES string of the molecule is CC(C)(Cc1ccc(F)cc1)[SH](=O)=O. The minimum absolute atomic E-state index is 0.307. The van der Waals surface area contributed by atoms with Gasteiger partial charge < -0.3 is 0 Å². The van der Waals surface area contributed by atoms with Crippen LogP contribution in [0.4, 0.5) is 4.39 Å². The van der Waals surface area contributed by atoms with E-state index in [1.807, 2.05) is 0 Å². The number of thiol groups is 1. The second kappa shape index (κ2) is 4.09. The van der Waals surface area contributed by atoms with Crippen LogP contribution in [0, 0.1) is 5.82 Å². The van der Waals surface area contributed by atoms with E-state index >= 15 is 0 Å². The third-order valence-electron chi connectivity index (χ3n) is 2.04.